The molecule has 1 rings (SSSR count). The molecule has 3 N–H and O–H groups in total. The Bertz CT molecular complexity index is 367. The third-order valence-corrected chi connectivity index (χ3v) is 1.67. The summed E-state index contributed by atoms with van der Waals surface area (Å²) in [5.41, 5.74) is 0. The summed E-state index contributed by atoms with van der Waals surface area (Å²) < 4.78 is 0.541. The summed E-state index contributed by atoms with van der Waals surface area (Å²) >= 11 is 3.08. The topological polar surface area (TPSA) is 104 Å². The summed E-state index contributed by atoms with van der Waals surface area (Å²) in [6.07, 6.45) is 2.75. The number of carbonyl (C=O) groups excluding carboxylic acids is 1. The Hall–Kier alpha value is -1.70. The maximum absolute atomic E-state index is 11.0. The molecule has 1 aromatic heterocycles. The fourth-order valence-corrected chi connectivity index (χ4v) is 0.898. The number of rotatable bonds is 3. The largest absolute Gasteiger partial charge is 0.480 e. The van der Waals surface area contributed by atoms with E-state index in [1.165, 1.54) is 12.4 Å². The third-order valence-electron chi connectivity index (χ3n) is 1.26. The van der Waals surface area contributed by atoms with Gasteiger partial charge in [-0.1, -0.05) is 0 Å². The summed E-state index contributed by atoms with van der Waals surface area (Å²) in [6, 6.07) is -0.644. The van der Waals surface area contributed by atoms with Gasteiger partial charge in [-0.15, -0.1) is 0 Å². The van der Waals surface area contributed by atoms with Crippen molar-refractivity contribution in [3.63, 3.8) is 0 Å². The van der Waals surface area contributed by atoms with Gasteiger partial charge in [-0.3, -0.25) is 10.1 Å². The molecule has 0 atom stereocenters. The third kappa shape index (κ3) is 4.36. The number of urea groups is 1. The van der Waals surface area contributed by atoms with Crippen LogP contribution in [0.1, 0.15) is 0 Å². The van der Waals surface area contributed by atoms with Gasteiger partial charge >= 0.3 is 12.0 Å². The lowest BCUT2D eigenvalue weighted by Crippen LogP contribution is -2.33. The first-order valence-electron chi connectivity index (χ1n) is 3.82. The van der Waals surface area contributed by atoms with Gasteiger partial charge in [-0.25, -0.2) is 14.8 Å². The van der Waals surface area contributed by atoms with E-state index in [0.29, 0.717) is 4.60 Å². The molecule has 15 heavy (non-hydrogen) atoms. The van der Waals surface area contributed by atoms with E-state index in [0.717, 1.165) is 0 Å². The molecule has 0 bridgehead atoms. The predicted octanol–water partition coefficient (Wildman–Crippen LogP) is 0.445. The van der Waals surface area contributed by atoms with Crippen molar-refractivity contribution in [3.05, 3.63) is 17.0 Å². The molecule has 0 fully saturated rings. The number of halogens is 1. The fraction of sp³-hybridized carbons (Fsp3) is 0.143. The molecule has 0 saturated heterocycles. The van der Waals surface area contributed by atoms with Crippen molar-refractivity contribution in [2.75, 3.05) is 11.9 Å². The van der Waals surface area contributed by atoms with Gasteiger partial charge in [-0.05, 0) is 15.9 Å². The highest BCUT2D eigenvalue weighted by Crippen LogP contribution is 2.05. The number of carboxylic acid groups (broad SMARTS) is 1. The average molecular weight is 275 g/mol. The van der Waals surface area contributed by atoms with Gasteiger partial charge < -0.3 is 10.4 Å². The van der Waals surface area contributed by atoms with Crippen LogP contribution < -0.4 is 10.6 Å². The van der Waals surface area contributed by atoms with E-state index < -0.39 is 18.5 Å². The van der Waals surface area contributed by atoms with E-state index in [-0.39, 0.29) is 5.82 Å². The van der Waals surface area contributed by atoms with Gasteiger partial charge in [0.05, 0.1) is 12.4 Å². The summed E-state index contributed by atoms with van der Waals surface area (Å²) in [5.74, 6) is -0.881. The normalized spacial score (nSPS) is 9.40. The average Bonchev–Trinajstić information content (AvgIpc) is 2.19. The van der Waals surface area contributed by atoms with Crippen molar-refractivity contribution < 1.29 is 14.7 Å². The monoisotopic (exact) mass is 274 g/mol. The number of nitrogens with one attached hydrogen (secondary N) is 2. The number of hydrogen-bond donors (Lipinski definition) is 3. The molecule has 80 valence electrons. The minimum atomic E-state index is -1.12. The van der Waals surface area contributed by atoms with Gasteiger partial charge in [0.15, 0.2) is 5.82 Å². The number of nitrogens with zero attached hydrogens (tertiary/aromatic N) is 2. The van der Waals surface area contributed by atoms with Crippen LogP contribution in [0.2, 0.25) is 0 Å². The molecule has 0 aliphatic heterocycles. The van der Waals surface area contributed by atoms with Gasteiger partial charge in [0.2, 0.25) is 0 Å². The summed E-state index contributed by atoms with van der Waals surface area (Å²) in [4.78, 5) is 28.8. The molecule has 2 amide bonds. The van der Waals surface area contributed by atoms with E-state index >= 15 is 0 Å². The Morgan fingerprint density at radius 3 is 2.67 bits per heavy atom. The van der Waals surface area contributed by atoms with Crippen LogP contribution in [0.3, 0.4) is 0 Å². The maximum atomic E-state index is 11.0. The van der Waals surface area contributed by atoms with Crippen LogP contribution in [0.4, 0.5) is 10.6 Å². The molecule has 1 heterocycles. The van der Waals surface area contributed by atoms with Crippen molar-refractivity contribution in [2.45, 2.75) is 0 Å². The fourth-order valence-electron chi connectivity index (χ4n) is 0.693. The van der Waals surface area contributed by atoms with E-state index in [1.54, 1.807) is 0 Å². The maximum Gasteiger partial charge on any atom is 0.323 e. The van der Waals surface area contributed by atoms with Crippen LogP contribution in [0.25, 0.3) is 0 Å². The molecule has 1 aromatic rings. The molecule has 0 aromatic carbocycles. The highest BCUT2D eigenvalue weighted by molar-refractivity contribution is 9.10. The van der Waals surface area contributed by atoms with Crippen LogP contribution in [0.5, 0.6) is 0 Å². The Morgan fingerprint density at radius 1 is 1.40 bits per heavy atom. The van der Waals surface area contributed by atoms with Crippen molar-refractivity contribution in [1.82, 2.24) is 15.3 Å². The SMILES string of the molecule is O=C(O)CNC(=O)Nc1cnc(Br)cn1. The van der Waals surface area contributed by atoms with Crippen molar-refractivity contribution in [3.8, 4) is 0 Å². The Kier molecular flexibility index (Phi) is 3.98. The Labute approximate surface area is 93.1 Å². The second-order valence-electron chi connectivity index (χ2n) is 2.43. The summed E-state index contributed by atoms with van der Waals surface area (Å²) in [5, 5.41) is 12.7. The lowest BCUT2D eigenvalue weighted by atomic mass is 10.6. The molecule has 0 aliphatic rings. The van der Waals surface area contributed by atoms with Gasteiger partial charge in [0.25, 0.3) is 0 Å². The zero-order valence-electron chi connectivity index (χ0n) is 7.40. The van der Waals surface area contributed by atoms with Gasteiger partial charge in [0, 0.05) is 0 Å². The quantitative estimate of drug-likeness (QED) is 0.742. The first-order valence-corrected chi connectivity index (χ1v) is 4.61. The highest BCUT2D eigenvalue weighted by atomic mass is 79.9. The minimum absolute atomic E-state index is 0.237. The zero-order chi connectivity index (χ0) is 11.3. The Morgan fingerprint density at radius 2 is 2.13 bits per heavy atom. The van der Waals surface area contributed by atoms with Crippen LogP contribution >= 0.6 is 15.9 Å². The number of carbonyl (C=O) groups is 2. The molecule has 0 radical (unpaired) electrons. The second kappa shape index (κ2) is 5.25. The first-order chi connectivity index (χ1) is 7.08. The first kappa shape index (κ1) is 11.4. The molecule has 7 nitrogen and oxygen atoms in total. The summed E-state index contributed by atoms with van der Waals surface area (Å²) in [6.45, 7) is -0.449. The number of amides is 2. The van der Waals surface area contributed by atoms with Crippen LogP contribution in [-0.4, -0.2) is 33.6 Å². The van der Waals surface area contributed by atoms with E-state index in [9.17, 15) is 9.59 Å². The standard InChI is InChI=1S/C7H7BrN4O3/c8-4-1-10-5(2-9-4)12-7(15)11-3-6(13)14/h1-2H,3H2,(H,13,14)(H2,10,11,12,15). The zero-order valence-corrected chi connectivity index (χ0v) is 8.98. The lowest BCUT2D eigenvalue weighted by Gasteiger charge is -2.03. The van der Waals surface area contributed by atoms with Crippen LogP contribution in [-0.2, 0) is 4.79 Å². The number of aliphatic carboxylic acids is 1. The Balaban J connectivity index is 2.44. The van der Waals surface area contributed by atoms with E-state index in [2.05, 4.69) is 36.5 Å². The lowest BCUT2D eigenvalue weighted by molar-refractivity contribution is -0.135. The van der Waals surface area contributed by atoms with E-state index in [4.69, 9.17) is 5.11 Å². The van der Waals surface area contributed by atoms with Crippen LogP contribution in [0.15, 0.2) is 17.0 Å². The number of anilines is 1. The number of hydrogen-bond acceptors (Lipinski definition) is 4. The molecule has 0 unspecified atom stereocenters. The molecule has 0 saturated carbocycles. The molecule has 8 heteroatoms. The summed E-state index contributed by atoms with van der Waals surface area (Å²) in [7, 11) is 0. The predicted molar refractivity (Wildman–Crippen MR) is 54.4 cm³/mol. The van der Waals surface area contributed by atoms with Gasteiger partial charge in [0.1, 0.15) is 11.1 Å². The molecule has 0 aliphatic carbocycles. The minimum Gasteiger partial charge on any atom is -0.480 e. The van der Waals surface area contributed by atoms with Crippen molar-refractivity contribution in [1.29, 1.82) is 0 Å². The molecular weight excluding hydrogens is 268 g/mol. The second-order valence-corrected chi connectivity index (χ2v) is 3.24. The number of aromatic nitrogens is 2. The van der Waals surface area contributed by atoms with Crippen molar-refractivity contribution in [2.24, 2.45) is 0 Å². The highest BCUT2D eigenvalue weighted by Gasteiger charge is 2.04. The molecule has 0 spiro atoms. The number of carboxylic acids is 1. The van der Waals surface area contributed by atoms with Gasteiger partial charge in [-0.2, -0.15) is 0 Å². The molecular formula is C7H7BrN4O3. The smallest absolute Gasteiger partial charge is 0.323 e. The van der Waals surface area contributed by atoms with E-state index in [1.807, 2.05) is 0 Å². The van der Waals surface area contributed by atoms with Crippen LogP contribution in [0, 0.1) is 0 Å². The van der Waals surface area contributed by atoms with Crippen molar-refractivity contribution >= 4 is 33.7 Å².